The predicted molar refractivity (Wildman–Crippen MR) is 2.22 cm³/mol. The molecular formula is HBrO3Pt. The Kier molecular flexibility index (Phi) is 9.50. The monoisotopic (exact) mass is 323 g/mol. The first-order valence-electron chi connectivity index (χ1n) is 0.478. The van der Waals surface area contributed by atoms with Crippen molar-refractivity contribution in [2.45, 2.75) is 0 Å². The Morgan fingerprint density at radius 1 is 1.40 bits per heavy atom. The summed E-state index contributed by atoms with van der Waals surface area (Å²) >= 11 is -3.40. The van der Waals surface area contributed by atoms with E-state index in [1.54, 1.807) is 0 Å². The predicted octanol–water partition coefficient (Wildman–Crippen LogP) is -2.94. The van der Waals surface area contributed by atoms with Gasteiger partial charge in [0.25, 0.3) is 0 Å². The molecule has 0 aromatic heterocycles. The smallest absolute Gasteiger partial charge is 0.372 e. The van der Waals surface area contributed by atoms with Gasteiger partial charge in [0.2, 0.25) is 0 Å². The van der Waals surface area contributed by atoms with Crippen LogP contribution in [0, 0.1) is 14.8 Å². The Hall–Kier alpha value is 1.05. The molecule has 0 rings (SSSR count). The molecule has 0 radical (unpaired) electrons. The number of halogens is 1. The second-order valence-electron chi connectivity index (χ2n) is 0.201. The van der Waals surface area contributed by atoms with Crippen LogP contribution in [-0.4, -0.2) is 4.20 Å². The van der Waals surface area contributed by atoms with E-state index in [2.05, 4.69) is 0 Å². The molecule has 36 valence electrons. The van der Waals surface area contributed by atoms with Gasteiger partial charge in [0.05, 0.1) is 0 Å². The molecule has 0 saturated heterocycles. The molecule has 0 heterocycles. The molecule has 0 aliphatic rings. The van der Waals surface area contributed by atoms with Crippen LogP contribution in [0.15, 0.2) is 0 Å². The summed E-state index contributed by atoms with van der Waals surface area (Å²) in [5, 5.41) is 0. The van der Waals surface area contributed by atoms with Crippen molar-refractivity contribution in [3.8, 4) is 0 Å². The Labute approximate surface area is 48.7 Å². The Balaban J connectivity index is 0. The maximum atomic E-state index is 8.63. The number of hydrogen-bond acceptors (Lipinski definition) is 3. The summed E-state index contributed by atoms with van der Waals surface area (Å²) in [7, 11) is 0. The quantitative estimate of drug-likeness (QED) is 0.519. The molecule has 0 bridgehead atoms. The third kappa shape index (κ3) is 42.7. The van der Waals surface area contributed by atoms with Crippen LogP contribution in [0.1, 0.15) is 0 Å². The number of rotatable bonds is 0. The molecule has 0 saturated carbocycles. The van der Waals surface area contributed by atoms with Gasteiger partial charge in [-0.15, -0.1) is 0 Å². The normalized spacial score (nSPS) is 7.20. The molecule has 0 aromatic rings. The van der Waals surface area contributed by atoms with Crippen molar-refractivity contribution in [2.75, 3.05) is 0 Å². The van der Waals surface area contributed by atoms with Gasteiger partial charge in [0.15, 0.2) is 0 Å². The van der Waals surface area contributed by atoms with Crippen molar-refractivity contribution in [1.82, 2.24) is 0 Å². The summed E-state index contributed by atoms with van der Waals surface area (Å²) in [5.41, 5.74) is 0. The van der Waals surface area contributed by atoms with E-state index in [1.807, 2.05) is 0 Å². The van der Waals surface area contributed by atoms with Crippen molar-refractivity contribution in [1.29, 1.82) is 0 Å². The second kappa shape index (κ2) is 5.05. The summed E-state index contributed by atoms with van der Waals surface area (Å²) < 4.78 is 24.3. The average molecular weight is 324 g/mol. The summed E-state index contributed by atoms with van der Waals surface area (Å²) in [6.07, 6.45) is 0. The first-order chi connectivity index (χ1) is 1.73. The fourth-order valence-corrected chi connectivity index (χ4v) is 0. The minimum Gasteiger partial charge on any atom is -0.372 e. The van der Waals surface area contributed by atoms with E-state index in [-0.39, 0.29) is 21.1 Å². The van der Waals surface area contributed by atoms with E-state index in [1.165, 1.54) is 0 Å². The molecule has 0 aliphatic carbocycles. The molecule has 5 heteroatoms. The molecule has 1 N–H and O–H groups in total. The largest absolute Gasteiger partial charge is 0.433 e. The third-order valence-corrected chi connectivity index (χ3v) is 0. The van der Waals surface area contributed by atoms with Crippen LogP contribution in [0.3, 0.4) is 0 Å². The van der Waals surface area contributed by atoms with Crippen LogP contribution >= 0.6 is 0 Å². The standard InChI is InChI=1S/BrHO3.Pt/c2-1(3)4;/h2H;. The molecule has 5 heavy (non-hydrogen) atoms. The maximum absolute atomic E-state index is 8.63. The zero-order valence-electron chi connectivity index (χ0n) is 1.96. The second-order valence-corrected chi connectivity index (χ2v) is 1.04. The molecule has 0 unspecified atom stereocenters. The van der Waals surface area contributed by atoms with Gasteiger partial charge in [-0.25, -0.2) is 0 Å². The Morgan fingerprint density at radius 3 is 1.40 bits per heavy atom. The van der Waals surface area contributed by atoms with Gasteiger partial charge in [0.1, 0.15) is 0 Å². The minimum absolute atomic E-state index is 0. The van der Waals surface area contributed by atoms with Crippen LogP contribution in [0.4, 0.5) is 0 Å². The van der Waals surface area contributed by atoms with Gasteiger partial charge < -0.3 is 8.40 Å². The van der Waals surface area contributed by atoms with E-state index in [9.17, 15) is 0 Å². The van der Waals surface area contributed by atoms with Crippen molar-refractivity contribution < 1.29 is 48.5 Å². The molecular weight excluding hydrogens is 323 g/mol. The molecule has 0 spiro atoms. The van der Waals surface area contributed by atoms with Gasteiger partial charge in [-0.1, -0.05) is 0 Å². The van der Waals surface area contributed by atoms with Crippen molar-refractivity contribution in [3.63, 3.8) is 0 Å². The third-order valence-electron chi connectivity index (χ3n) is 0. The Morgan fingerprint density at radius 2 is 1.40 bits per heavy atom. The molecule has 0 aromatic carbocycles. The van der Waals surface area contributed by atoms with Crippen molar-refractivity contribution in [2.24, 2.45) is 0 Å². The Bertz CT molecular complexity index is 11.6. The van der Waals surface area contributed by atoms with Crippen molar-refractivity contribution >= 4 is 0 Å². The average Bonchev–Trinajstić information content (AvgIpc) is 0.811. The topological polar surface area (TPSA) is 66.3 Å². The summed E-state index contributed by atoms with van der Waals surface area (Å²) in [4.78, 5) is 0. The van der Waals surface area contributed by atoms with E-state index >= 15 is 0 Å². The van der Waals surface area contributed by atoms with E-state index < -0.39 is 14.8 Å². The van der Waals surface area contributed by atoms with Crippen LogP contribution in [0.2, 0.25) is 0 Å². The first kappa shape index (κ1) is 9.41. The zero-order valence-corrected chi connectivity index (χ0v) is 5.82. The summed E-state index contributed by atoms with van der Waals surface area (Å²) in [5.74, 6) is 0. The van der Waals surface area contributed by atoms with Crippen LogP contribution < -0.4 is 8.40 Å². The number of hydrogen-bond donors (Lipinski definition) is 1. The van der Waals surface area contributed by atoms with Crippen molar-refractivity contribution in [3.05, 3.63) is 0 Å². The molecule has 0 aliphatic heterocycles. The van der Waals surface area contributed by atoms with E-state index in [0.29, 0.717) is 0 Å². The van der Waals surface area contributed by atoms with Crippen LogP contribution in [-0.2, 0) is 21.1 Å². The van der Waals surface area contributed by atoms with Gasteiger partial charge in [0, 0.05) is 21.1 Å². The fourth-order valence-electron chi connectivity index (χ4n) is 0. The first-order valence-corrected chi connectivity index (χ1v) is 2.48. The van der Waals surface area contributed by atoms with Gasteiger partial charge >= 0.3 is 14.8 Å². The SMILES string of the molecule is [O-][Br+2]([O-])O.[Pt]. The molecule has 0 fully saturated rings. The minimum atomic E-state index is -3.40. The van der Waals surface area contributed by atoms with Crippen LogP contribution in [0.25, 0.3) is 0 Å². The maximum Gasteiger partial charge on any atom is 0.433 e. The van der Waals surface area contributed by atoms with Crippen LogP contribution in [0.5, 0.6) is 0 Å². The van der Waals surface area contributed by atoms with E-state index in [4.69, 9.17) is 12.6 Å². The van der Waals surface area contributed by atoms with Gasteiger partial charge in [-0.2, -0.15) is 0 Å². The molecule has 0 atom stereocenters. The van der Waals surface area contributed by atoms with E-state index in [0.717, 1.165) is 0 Å². The molecule has 0 amide bonds. The zero-order chi connectivity index (χ0) is 3.58. The molecule has 3 nitrogen and oxygen atoms in total. The van der Waals surface area contributed by atoms with Gasteiger partial charge in [-0.3, -0.25) is 0 Å². The van der Waals surface area contributed by atoms with Gasteiger partial charge in [-0.05, 0) is 4.20 Å². The summed E-state index contributed by atoms with van der Waals surface area (Å²) in [6.45, 7) is 0. The fraction of sp³-hybridized carbons (Fsp3) is 0. The summed E-state index contributed by atoms with van der Waals surface area (Å²) in [6, 6.07) is 0.